The lowest BCUT2D eigenvalue weighted by Crippen LogP contribution is -2.46. The summed E-state index contributed by atoms with van der Waals surface area (Å²) in [4.78, 5) is 23.8. The van der Waals surface area contributed by atoms with Gasteiger partial charge in [-0.25, -0.2) is 4.79 Å². The van der Waals surface area contributed by atoms with Gasteiger partial charge in [-0.1, -0.05) is 43.2 Å². The van der Waals surface area contributed by atoms with Gasteiger partial charge in [0.2, 0.25) is 5.91 Å². The molecule has 1 aliphatic heterocycles. The fraction of sp³-hybridized carbons (Fsp3) is 0.556. The number of aliphatic carboxylic acids is 1. The molecule has 1 aromatic carbocycles. The minimum Gasteiger partial charge on any atom is -0.480 e. The number of rotatable bonds is 6. The molecule has 1 saturated heterocycles. The molecule has 0 saturated carbocycles. The second-order valence-corrected chi connectivity index (χ2v) is 6.14. The van der Waals surface area contributed by atoms with Crippen LogP contribution in [0.25, 0.3) is 0 Å². The van der Waals surface area contributed by atoms with Crippen LogP contribution in [0.1, 0.15) is 49.8 Å². The van der Waals surface area contributed by atoms with Crippen LogP contribution >= 0.6 is 0 Å². The molecule has 2 N–H and O–H groups in total. The van der Waals surface area contributed by atoms with Gasteiger partial charge in [-0.15, -0.1) is 0 Å². The molecule has 0 radical (unpaired) electrons. The summed E-state index contributed by atoms with van der Waals surface area (Å²) in [5, 5.41) is 11.9. The number of carboxylic acids is 1. The van der Waals surface area contributed by atoms with E-state index in [0.717, 1.165) is 17.5 Å². The minimum atomic E-state index is -0.983. The second-order valence-electron chi connectivity index (χ2n) is 6.14. The first kappa shape index (κ1) is 17.5. The van der Waals surface area contributed by atoms with E-state index in [1.807, 2.05) is 38.1 Å². The van der Waals surface area contributed by atoms with E-state index in [0.29, 0.717) is 25.9 Å². The van der Waals surface area contributed by atoms with Gasteiger partial charge >= 0.3 is 5.97 Å². The van der Waals surface area contributed by atoms with Gasteiger partial charge in [-0.3, -0.25) is 4.79 Å². The van der Waals surface area contributed by atoms with Gasteiger partial charge in [0.15, 0.2) is 0 Å². The summed E-state index contributed by atoms with van der Waals surface area (Å²) in [6.45, 7) is 4.54. The van der Waals surface area contributed by atoms with E-state index in [9.17, 15) is 14.7 Å². The maximum atomic E-state index is 12.6. The largest absolute Gasteiger partial charge is 0.480 e. The Morgan fingerprint density at radius 1 is 1.35 bits per heavy atom. The van der Waals surface area contributed by atoms with E-state index >= 15 is 0 Å². The average molecular weight is 319 g/mol. The number of carboxylic acid groups (broad SMARTS) is 1. The summed E-state index contributed by atoms with van der Waals surface area (Å²) in [5.41, 5.74) is 2.12. The van der Waals surface area contributed by atoms with Gasteiger partial charge in [-0.2, -0.15) is 0 Å². The van der Waals surface area contributed by atoms with Gasteiger partial charge in [0.1, 0.15) is 6.04 Å². The fourth-order valence-electron chi connectivity index (χ4n) is 2.96. The first-order valence-corrected chi connectivity index (χ1v) is 8.24. The van der Waals surface area contributed by atoms with Gasteiger partial charge in [-0.05, 0) is 31.7 Å². The number of nitrogens with one attached hydrogen (secondary N) is 1. The van der Waals surface area contributed by atoms with Crippen molar-refractivity contribution in [2.45, 2.75) is 51.7 Å². The number of carbonyl (C=O) groups excluding carboxylic acids is 1. The van der Waals surface area contributed by atoms with Crippen LogP contribution in [0.4, 0.5) is 0 Å². The molecule has 1 aliphatic rings. The number of benzene rings is 1. The molecule has 126 valence electrons. The maximum absolute atomic E-state index is 12.6. The van der Waals surface area contributed by atoms with Crippen molar-refractivity contribution < 1.29 is 19.4 Å². The highest BCUT2D eigenvalue weighted by atomic mass is 16.5. The van der Waals surface area contributed by atoms with Gasteiger partial charge in [0, 0.05) is 6.61 Å². The van der Waals surface area contributed by atoms with Crippen LogP contribution in [0.2, 0.25) is 0 Å². The lowest BCUT2D eigenvalue weighted by molar-refractivity contribution is -0.145. The van der Waals surface area contributed by atoms with E-state index in [-0.39, 0.29) is 17.9 Å². The highest BCUT2D eigenvalue weighted by Gasteiger charge is 2.34. The molecule has 1 fully saturated rings. The Balaban J connectivity index is 2.12. The predicted octanol–water partition coefficient (Wildman–Crippen LogP) is 2.83. The van der Waals surface area contributed by atoms with Crippen LogP contribution in [0, 0.1) is 12.8 Å². The highest BCUT2D eigenvalue weighted by Crippen LogP contribution is 2.34. The Morgan fingerprint density at radius 2 is 2.04 bits per heavy atom. The summed E-state index contributed by atoms with van der Waals surface area (Å²) < 4.78 is 5.83. The van der Waals surface area contributed by atoms with Crippen LogP contribution in [0.3, 0.4) is 0 Å². The van der Waals surface area contributed by atoms with Crippen LogP contribution in [0.15, 0.2) is 24.3 Å². The summed E-state index contributed by atoms with van der Waals surface area (Å²) in [5.74, 6) is -1.55. The van der Waals surface area contributed by atoms with E-state index in [4.69, 9.17) is 4.74 Å². The number of hydrogen-bond donors (Lipinski definition) is 2. The third-order valence-corrected chi connectivity index (χ3v) is 4.26. The van der Waals surface area contributed by atoms with Crippen LogP contribution < -0.4 is 5.32 Å². The first-order chi connectivity index (χ1) is 11.0. The lowest BCUT2D eigenvalue weighted by Gasteiger charge is -2.32. The smallest absolute Gasteiger partial charge is 0.326 e. The zero-order valence-electron chi connectivity index (χ0n) is 13.7. The molecule has 0 aliphatic carbocycles. The van der Waals surface area contributed by atoms with E-state index < -0.39 is 12.0 Å². The summed E-state index contributed by atoms with van der Waals surface area (Å²) in [6, 6.07) is 7.13. The van der Waals surface area contributed by atoms with Gasteiger partial charge < -0.3 is 15.2 Å². The van der Waals surface area contributed by atoms with Crippen molar-refractivity contribution in [1.29, 1.82) is 0 Å². The second kappa shape index (κ2) is 8.11. The molecule has 1 heterocycles. The standard InChI is InChI=1S/C18H25NO4/c1-3-5-15(18(21)22)19-17(20)14-6-4-11-23-16(14)13-9-7-12(2)8-10-13/h7-10,14-16H,3-6,11H2,1-2H3,(H,19,20)(H,21,22). The number of carbonyl (C=O) groups is 2. The molecule has 1 aromatic rings. The maximum Gasteiger partial charge on any atom is 0.326 e. The summed E-state index contributed by atoms with van der Waals surface area (Å²) >= 11 is 0. The molecule has 2 rings (SSSR count). The Kier molecular flexibility index (Phi) is 6.16. The van der Waals surface area contributed by atoms with Crippen molar-refractivity contribution in [1.82, 2.24) is 5.32 Å². The predicted molar refractivity (Wildman–Crippen MR) is 87.1 cm³/mol. The van der Waals surface area contributed by atoms with Gasteiger partial charge in [0.05, 0.1) is 12.0 Å². The van der Waals surface area contributed by atoms with E-state index in [1.165, 1.54) is 0 Å². The molecular formula is C18H25NO4. The monoisotopic (exact) mass is 319 g/mol. The van der Waals surface area contributed by atoms with E-state index in [2.05, 4.69) is 5.32 Å². The normalized spacial score (nSPS) is 22.3. The van der Waals surface area contributed by atoms with Crippen molar-refractivity contribution in [2.24, 2.45) is 5.92 Å². The molecule has 23 heavy (non-hydrogen) atoms. The van der Waals surface area contributed by atoms with Crippen LogP contribution in [0.5, 0.6) is 0 Å². The Morgan fingerprint density at radius 3 is 2.65 bits per heavy atom. The first-order valence-electron chi connectivity index (χ1n) is 8.24. The summed E-state index contributed by atoms with van der Waals surface area (Å²) in [7, 11) is 0. The zero-order chi connectivity index (χ0) is 16.8. The quantitative estimate of drug-likeness (QED) is 0.845. The molecular weight excluding hydrogens is 294 g/mol. The molecule has 0 bridgehead atoms. The number of ether oxygens (including phenoxy) is 1. The van der Waals surface area contributed by atoms with Gasteiger partial charge in [0.25, 0.3) is 0 Å². The highest BCUT2D eigenvalue weighted by molar-refractivity contribution is 5.85. The SMILES string of the molecule is CCCC(NC(=O)C1CCCOC1c1ccc(C)cc1)C(=O)O. The Labute approximate surface area is 137 Å². The number of hydrogen-bond acceptors (Lipinski definition) is 3. The van der Waals surface area contributed by atoms with Crippen molar-refractivity contribution in [2.75, 3.05) is 6.61 Å². The fourth-order valence-corrected chi connectivity index (χ4v) is 2.96. The van der Waals surface area contributed by atoms with Crippen LogP contribution in [-0.2, 0) is 14.3 Å². The average Bonchev–Trinajstić information content (AvgIpc) is 2.55. The Hall–Kier alpha value is -1.88. The summed E-state index contributed by atoms with van der Waals surface area (Å²) in [6.07, 6.45) is 2.36. The lowest BCUT2D eigenvalue weighted by atomic mass is 9.88. The van der Waals surface area contributed by atoms with Crippen LogP contribution in [-0.4, -0.2) is 29.6 Å². The molecule has 0 aromatic heterocycles. The van der Waals surface area contributed by atoms with Crippen molar-refractivity contribution in [3.8, 4) is 0 Å². The molecule has 5 heteroatoms. The zero-order valence-corrected chi connectivity index (χ0v) is 13.7. The molecule has 1 amide bonds. The molecule has 5 nitrogen and oxygen atoms in total. The Bertz CT molecular complexity index is 540. The van der Waals surface area contributed by atoms with Crippen molar-refractivity contribution in [3.63, 3.8) is 0 Å². The molecule has 0 spiro atoms. The number of amides is 1. The van der Waals surface area contributed by atoms with E-state index in [1.54, 1.807) is 0 Å². The molecule has 3 unspecified atom stereocenters. The third-order valence-electron chi connectivity index (χ3n) is 4.26. The topological polar surface area (TPSA) is 75.6 Å². The number of aryl methyl sites for hydroxylation is 1. The minimum absolute atomic E-state index is 0.226. The van der Waals surface area contributed by atoms with Crippen molar-refractivity contribution >= 4 is 11.9 Å². The molecule has 3 atom stereocenters. The van der Waals surface area contributed by atoms with Crippen molar-refractivity contribution in [3.05, 3.63) is 35.4 Å². The third kappa shape index (κ3) is 4.55.